The number of hydrazine groups is 1. The minimum atomic E-state index is -0.427. The molecular weight excluding hydrogens is 396 g/mol. The maximum atomic E-state index is 12.1. The zero-order chi connectivity index (χ0) is 19.1. The lowest BCUT2D eigenvalue weighted by Gasteiger charge is -2.15. The van der Waals surface area contributed by atoms with Crippen LogP contribution in [0, 0.1) is 6.92 Å². The number of ether oxygens (including phenoxy) is 1. The van der Waals surface area contributed by atoms with Crippen LogP contribution in [0.2, 0.25) is 0 Å². The quantitative estimate of drug-likeness (QED) is 0.693. The summed E-state index contributed by atoms with van der Waals surface area (Å²) in [6.45, 7) is 5.97. The van der Waals surface area contributed by atoms with Gasteiger partial charge in [0.2, 0.25) is 0 Å². The summed E-state index contributed by atoms with van der Waals surface area (Å²) in [6.07, 6.45) is 0.981. The Labute approximate surface area is 162 Å². The van der Waals surface area contributed by atoms with Crippen molar-refractivity contribution in [1.29, 1.82) is 0 Å². The smallest absolute Gasteiger partial charge is 0.276 e. The Bertz CT molecular complexity index is 792. The SMILES string of the molecule is CCC(C)c1ccccc1OCC(=O)NNC(=O)c1ccc(C)c(Br)c1. The Balaban J connectivity index is 1.88. The number of carbonyl (C=O) groups excluding carboxylic acids is 2. The molecule has 2 amide bonds. The van der Waals surface area contributed by atoms with Gasteiger partial charge in [0.25, 0.3) is 11.8 Å². The fourth-order valence-corrected chi connectivity index (χ4v) is 2.73. The van der Waals surface area contributed by atoms with Crippen LogP contribution in [-0.2, 0) is 4.79 Å². The van der Waals surface area contributed by atoms with E-state index in [9.17, 15) is 9.59 Å². The molecule has 1 unspecified atom stereocenters. The molecule has 0 saturated carbocycles. The molecule has 0 radical (unpaired) electrons. The van der Waals surface area contributed by atoms with Gasteiger partial charge in [-0.05, 0) is 48.6 Å². The zero-order valence-electron chi connectivity index (χ0n) is 15.1. The van der Waals surface area contributed by atoms with Crippen molar-refractivity contribution < 1.29 is 14.3 Å². The lowest BCUT2D eigenvalue weighted by atomic mass is 9.98. The molecule has 5 nitrogen and oxygen atoms in total. The fourth-order valence-electron chi connectivity index (χ4n) is 2.35. The van der Waals surface area contributed by atoms with Gasteiger partial charge in [0.05, 0.1) is 0 Å². The van der Waals surface area contributed by atoms with Gasteiger partial charge in [-0.2, -0.15) is 0 Å². The number of halogens is 1. The third-order valence-corrected chi connectivity index (χ3v) is 5.02. The molecule has 138 valence electrons. The highest BCUT2D eigenvalue weighted by Gasteiger charge is 2.12. The second kappa shape index (κ2) is 9.38. The van der Waals surface area contributed by atoms with Crippen molar-refractivity contribution >= 4 is 27.7 Å². The molecule has 26 heavy (non-hydrogen) atoms. The van der Waals surface area contributed by atoms with Crippen LogP contribution in [0.25, 0.3) is 0 Å². The molecule has 0 aliphatic heterocycles. The van der Waals surface area contributed by atoms with E-state index in [1.54, 1.807) is 12.1 Å². The minimum Gasteiger partial charge on any atom is -0.483 e. The van der Waals surface area contributed by atoms with Gasteiger partial charge < -0.3 is 4.74 Å². The van der Waals surface area contributed by atoms with Gasteiger partial charge in [0.15, 0.2) is 6.61 Å². The van der Waals surface area contributed by atoms with Crippen molar-refractivity contribution in [3.05, 3.63) is 63.6 Å². The van der Waals surface area contributed by atoms with Crippen LogP contribution >= 0.6 is 15.9 Å². The topological polar surface area (TPSA) is 67.4 Å². The molecule has 2 aromatic carbocycles. The van der Waals surface area contributed by atoms with Gasteiger partial charge in [-0.1, -0.05) is 54.0 Å². The average molecular weight is 419 g/mol. The highest BCUT2D eigenvalue weighted by Crippen LogP contribution is 2.28. The number of carbonyl (C=O) groups is 2. The Morgan fingerprint density at radius 2 is 1.88 bits per heavy atom. The predicted molar refractivity (Wildman–Crippen MR) is 105 cm³/mol. The molecule has 2 rings (SSSR count). The molecule has 0 aliphatic rings. The van der Waals surface area contributed by atoms with Crippen LogP contribution in [0.1, 0.15) is 47.7 Å². The van der Waals surface area contributed by atoms with Crippen molar-refractivity contribution in [3.8, 4) is 5.75 Å². The standard InChI is InChI=1S/C20H23BrN2O3/c1-4-13(2)16-7-5-6-8-18(16)26-12-19(24)22-23-20(25)15-10-9-14(3)17(21)11-15/h5-11,13H,4,12H2,1-3H3,(H,22,24)(H,23,25). The Hall–Kier alpha value is -2.34. The van der Waals surface area contributed by atoms with E-state index in [1.165, 1.54) is 0 Å². The first-order chi connectivity index (χ1) is 12.4. The molecular formula is C20H23BrN2O3. The first-order valence-electron chi connectivity index (χ1n) is 8.49. The third kappa shape index (κ3) is 5.33. The lowest BCUT2D eigenvalue weighted by Crippen LogP contribution is -2.43. The number of hydrogen-bond acceptors (Lipinski definition) is 3. The zero-order valence-corrected chi connectivity index (χ0v) is 16.7. The summed E-state index contributed by atoms with van der Waals surface area (Å²) in [5.41, 5.74) is 7.30. The van der Waals surface area contributed by atoms with E-state index in [4.69, 9.17) is 4.74 Å². The number of benzene rings is 2. The van der Waals surface area contributed by atoms with E-state index in [2.05, 4.69) is 40.6 Å². The molecule has 1 atom stereocenters. The molecule has 0 aromatic heterocycles. The highest BCUT2D eigenvalue weighted by molar-refractivity contribution is 9.10. The number of hydrogen-bond donors (Lipinski definition) is 2. The Morgan fingerprint density at radius 1 is 1.15 bits per heavy atom. The lowest BCUT2D eigenvalue weighted by molar-refractivity contribution is -0.123. The molecule has 0 bridgehead atoms. The largest absolute Gasteiger partial charge is 0.483 e. The van der Waals surface area contributed by atoms with Crippen LogP contribution in [0.4, 0.5) is 0 Å². The second-order valence-corrected chi connectivity index (χ2v) is 6.96. The summed E-state index contributed by atoms with van der Waals surface area (Å²) in [7, 11) is 0. The molecule has 2 N–H and O–H groups in total. The molecule has 0 spiro atoms. The van der Waals surface area contributed by atoms with Gasteiger partial charge in [-0.3, -0.25) is 20.4 Å². The monoisotopic (exact) mass is 418 g/mol. The van der Waals surface area contributed by atoms with E-state index >= 15 is 0 Å². The number of nitrogens with one attached hydrogen (secondary N) is 2. The van der Waals surface area contributed by atoms with E-state index in [0.29, 0.717) is 17.2 Å². The average Bonchev–Trinajstić information content (AvgIpc) is 2.66. The molecule has 0 saturated heterocycles. The fraction of sp³-hybridized carbons (Fsp3) is 0.300. The molecule has 6 heteroatoms. The summed E-state index contributed by atoms with van der Waals surface area (Å²) >= 11 is 3.38. The summed E-state index contributed by atoms with van der Waals surface area (Å²) < 4.78 is 6.46. The van der Waals surface area contributed by atoms with E-state index < -0.39 is 5.91 Å². The minimum absolute atomic E-state index is 0.175. The summed E-state index contributed by atoms with van der Waals surface area (Å²) in [5.74, 6) is 0.210. The normalized spacial score (nSPS) is 11.5. The number of para-hydroxylation sites is 1. The van der Waals surface area contributed by atoms with Crippen LogP contribution in [0.5, 0.6) is 5.75 Å². The second-order valence-electron chi connectivity index (χ2n) is 6.10. The van der Waals surface area contributed by atoms with Crippen molar-refractivity contribution in [2.45, 2.75) is 33.1 Å². The Kier molecular flexibility index (Phi) is 7.21. The third-order valence-electron chi connectivity index (χ3n) is 4.17. The Morgan fingerprint density at radius 3 is 2.58 bits per heavy atom. The van der Waals surface area contributed by atoms with Crippen molar-refractivity contribution in [2.24, 2.45) is 0 Å². The van der Waals surface area contributed by atoms with E-state index in [0.717, 1.165) is 22.0 Å². The number of aryl methyl sites for hydroxylation is 1. The van der Waals surface area contributed by atoms with Crippen LogP contribution in [-0.4, -0.2) is 18.4 Å². The van der Waals surface area contributed by atoms with Crippen molar-refractivity contribution in [3.63, 3.8) is 0 Å². The van der Waals surface area contributed by atoms with Gasteiger partial charge in [0, 0.05) is 10.0 Å². The maximum Gasteiger partial charge on any atom is 0.276 e. The molecule has 0 aliphatic carbocycles. The number of amides is 2. The first kappa shape index (κ1) is 20.0. The van der Waals surface area contributed by atoms with Gasteiger partial charge in [-0.25, -0.2) is 0 Å². The van der Waals surface area contributed by atoms with E-state index in [-0.39, 0.29) is 12.5 Å². The van der Waals surface area contributed by atoms with Gasteiger partial charge in [0.1, 0.15) is 5.75 Å². The maximum absolute atomic E-state index is 12.1. The van der Waals surface area contributed by atoms with Crippen molar-refractivity contribution in [1.82, 2.24) is 10.9 Å². The summed E-state index contributed by atoms with van der Waals surface area (Å²) in [4.78, 5) is 24.0. The van der Waals surface area contributed by atoms with Gasteiger partial charge >= 0.3 is 0 Å². The molecule has 0 fully saturated rings. The van der Waals surface area contributed by atoms with Crippen LogP contribution < -0.4 is 15.6 Å². The summed E-state index contributed by atoms with van der Waals surface area (Å²) in [5, 5.41) is 0. The molecule has 2 aromatic rings. The molecule has 0 heterocycles. The first-order valence-corrected chi connectivity index (χ1v) is 9.28. The number of rotatable bonds is 6. The summed E-state index contributed by atoms with van der Waals surface area (Å²) in [6, 6.07) is 12.9. The van der Waals surface area contributed by atoms with Crippen LogP contribution in [0.15, 0.2) is 46.9 Å². The van der Waals surface area contributed by atoms with Crippen LogP contribution in [0.3, 0.4) is 0 Å². The van der Waals surface area contributed by atoms with Gasteiger partial charge in [-0.15, -0.1) is 0 Å². The highest BCUT2D eigenvalue weighted by atomic mass is 79.9. The van der Waals surface area contributed by atoms with Crippen molar-refractivity contribution in [2.75, 3.05) is 6.61 Å². The predicted octanol–water partition coefficient (Wildman–Crippen LogP) is 4.11. The van der Waals surface area contributed by atoms with E-state index in [1.807, 2.05) is 37.3 Å².